The smallest absolute Gasteiger partial charge is 0.151 e. The topological polar surface area (TPSA) is 22.0 Å². The van der Waals surface area contributed by atoms with Gasteiger partial charge in [0.05, 0.1) is 10.5 Å². The molecule has 0 aliphatic carbocycles. The quantitative estimate of drug-likeness (QED) is 0.655. The predicted molar refractivity (Wildman–Crippen MR) is 77.9 cm³/mol. The van der Waals surface area contributed by atoms with E-state index in [2.05, 4.69) is 16.7 Å². The highest BCUT2D eigenvalue weighted by atomic mass is 35.5. The largest absolute Gasteiger partial charge is 0.342 e. The molecular formula is C16H12ClNO. The van der Waals surface area contributed by atoms with Crippen molar-refractivity contribution in [3.05, 3.63) is 70.9 Å². The molecule has 3 rings (SSSR count). The minimum Gasteiger partial charge on any atom is -0.342 e. The molecule has 94 valence electrons. The number of hydrogen-bond donors (Lipinski definition) is 0. The van der Waals surface area contributed by atoms with E-state index >= 15 is 0 Å². The molecule has 0 fully saturated rings. The van der Waals surface area contributed by atoms with Gasteiger partial charge in [-0.3, -0.25) is 4.79 Å². The molecule has 0 spiro atoms. The van der Waals surface area contributed by atoms with Gasteiger partial charge in [-0.15, -0.1) is 0 Å². The van der Waals surface area contributed by atoms with E-state index in [9.17, 15) is 4.79 Å². The molecule has 3 heteroatoms. The normalized spacial score (nSPS) is 10.8. The van der Waals surface area contributed by atoms with Gasteiger partial charge in [0.2, 0.25) is 0 Å². The van der Waals surface area contributed by atoms with Crippen molar-refractivity contribution in [3.63, 3.8) is 0 Å². The fourth-order valence-corrected chi connectivity index (χ4v) is 2.59. The maximum absolute atomic E-state index is 11.0. The van der Waals surface area contributed by atoms with Gasteiger partial charge in [-0.25, -0.2) is 0 Å². The SMILES string of the molecule is O=Cc1ccc2ccn(Cc3ccccc3)c2c1Cl. The number of nitrogens with zero attached hydrogens (tertiary/aromatic N) is 1. The summed E-state index contributed by atoms with van der Waals surface area (Å²) >= 11 is 6.30. The molecule has 19 heavy (non-hydrogen) atoms. The van der Waals surface area contributed by atoms with Crippen LogP contribution in [0.4, 0.5) is 0 Å². The summed E-state index contributed by atoms with van der Waals surface area (Å²) in [6, 6.07) is 15.9. The molecule has 0 aliphatic heterocycles. The second kappa shape index (κ2) is 4.90. The van der Waals surface area contributed by atoms with Crippen molar-refractivity contribution < 1.29 is 4.79 Å². The molecule has 1 heterocycles. The summed E-state index contributed by atoms with van der Waals surface area (Å²) in [6.07, 6.45) is 2.79. The lowest BCUT2D eigenvalue weighted by Gasteiger charge is -2.08. The summed E-state index contributed by atoms with van der Waals surface area (Å²) in [5.41, 5.74) is 2.64. The van der Waals surface area contributed by atoms with Crippen molar-refractivity contribution in [2.75, 3.05) is 0 Å². The number of aldehydes is 1. The maximum Gasteiger partial charge on any atom is 0.151 e. The van der Waals surface area contributed by atoms with Crippen molar-refractivity contribution in [1.82, 2.24) is 4.57 Å². The number of halogens is 1. The molecule has 3 aromatic rings. The first-order valence-corrected chi connectivity index (χ1v) is 6.44. The maximum atomic E-state index is 11.0. The van der Waals surface area contributed by atoms with Crippen LogP contribution in [-0.4, -0.2) is 10.9 Å². The van der Waals surface area contributed by atoms with Crippen LogP contribution in [-0.2, 0) is 6.54 Å². The van der Waals surface area contributed by atoms with E-state index in [1.54, 1.807) is 6.07 Å². The lowest BCUT2D eigenvalue weighted by molar-refractivity contribution is 0.112. The Kier molecular flexibility index (Phi) is 3.10. The Hall–Kier alpha value is -2.06. The van der Waals surface area contributed by atoms with E-state index in [1.165, 1.54) is 5.56 Å². The zero-order chi connectivity index (χ0) is 13.2. The number of carbonyl (C=O) groups excluding carboxylic acids is 1. The molecule has 0 aliphatic rings. The standard InChI is InChI=1S/C16H12ClNO/c17-15-14(11-19)7-6-13-8-9-18(16(13)15)10-12-4-2-1-3-5-12/h1-9,11H,10H2. The molecule has 2 nitrogen and oxygen atoms in total. The molecule has 0 radical (unpaired) electrons. The molecule has 0 bridgehead atoms. The fourth-order valence-electron chi connectivity index (χ4n) is 2.27. The number of rotatable bonds is 3. The average Bonchev–Trinajstić information content (AvgIpc) is 2.84. The molecule has 0 N–H and O–H groups in total. The van der Waals surface area contributed by atoms with Gasteiger partial charge in [0.15, 0.2) is 6.29 Å². The van der Waals surface area contributed by atoms with Gasteiger partial charge < -0.3 is 4.57 Å². The van der Waals surface area contributed by atoms with Crippen molar-refractivity contribution in [1.29, 1.82) is 0 Å². The van der Waals surface area contributed by atoms with E-state index in [1.807, 2.05) is 36.5 Å². The first-order chi connectivity index (χ1) is 9.29. The third kappa shape index (κ3) is 2.15. The van der Waals surface area contributed by atoms with E-state index in [0.29, 0.717) is 10.6 Å². The summed E-state index contributed by atoms with van der Waals surface area (Å²) in [7, 11) is 0. The molecule has 0 saturated carbocycles. The third-order valence-electron chi connectivity index (χ3n) is 3.22. The van der Waals surface area contributed by atoms with Crippen molar-refractivity contribution >= 4 is 28.8 Å². The van der Waals surface area contributed by atoms with Crippen LogP contribution in [0.5, 0.6) is 0 Å². The van der Waals surface area contributed by atoms with Crippen LogP contribution >= 0.6 is 11.6 Å². The van der Waals surface area contributed by atoms with E-state index in [0.717, 1.165) is 23.7 Å². The Morgan fingerprint density at radius 1 is 1.05 bits per heavy atom. The highest BCUT2D eigenvalue weighted by Gasteiger charge is 2.09. The van der Waals surface area contributed by atoms with Crippen LogP contribution in [0.3, 0.4) is 0 Å². The number of aromatic nitrogens is 1. The van der Waals surface area contributed by atoms with Crippen LogP contribution < -0.4 is 0 Å². The molecule has 0 saturated heterocycles. The second-order valence-corrected chi connectivity index (χ2v) is 4.83. The first kappa shape index (κ1) is 12.0. The van der Waals surface area contributed by atoms with Gasteiger partial charge in [-0.05, 0) is 17.7 Å². The van der Waals surface area contributed by atoms with Crippen molar-refractivity contribution in [2.24, 2.45) is 0 Å². The van der Waals surface area contributed by atoms with Gasteiger partial charge >= 0.3 is 0 Å². The molecule has 2 aromatic carbocycles. The van der Waals surface area contributed by atoms with Crippen LogP contribution in [0.1, 0.15) is 15.9 Å². The van der Waals surface area contributed by atoms with E-state index in [4.69, 9.17) is 11.6 Å². The molecule has 0 unspecified atom stereocenters. The summed E-state index contributed by atoms with van der Waals surface area (Å²) in [6.45, 7) is 0.742. The number of carbonyl (C=O) groups is 1. The Labute approximate surface area is 116 Å². The van der Waals surface area contributed by atoms with Crippen molar-refractivity contribution in [2.45, 2.75) is 6.54 Å². The summed E-state index contributed by atoms with van der Waals surface area (Å²) in [5, 5.41) is 1.57. The number of fused-ring (bicyclic) bond motifs is 1. The molecule has 0 atom stereocenters. The summed E-state index contributed by atoms with van der Waals surface area (Å²) < 4.78 is 2.07. The predicted octanol–water partition coefficient (Wildman–Crippen LogP) is 4.16. The molecule has 0 amide bonds. The average molecular weight is 270 g/mol. The van der Waals surface area contributed by atoms with Crippen LogP contribution in [0.15, 0.2) is 54.7 Å². The van der Waals surface area contributed by atoms with Gasteiger partial charge in [-0.1, -0.05) is 48.0 Å². The third-order valence-corrected chi connectivity index (χ3v) is 3.62. The summed E-state index contributed by atoms with van der Waals surface area (Å²) in [4.78, 5) is 11.0. The lowest BCUT2D eigenvalue weighted by Crippen LogP contribution is -1.98. The fraction of sp³-hybridized carbons (Fsp3) is 0.0625. The highest BCUT2D eigenvalue weighted by Crippen LogP contribution is 2.28. The monoisotopic (exact) mass is 269 g/mol. The van der Waals surface area contributed by atoms with E-state index in [-0.39, 0.29) is 0 Å². The van der Waals surface area contributed by atoms with Gasteiger partial charge in [-0.2, -0.15) is 0 Å². The van der Waals surface area contributed by atoms with E-state index < -0.39 is 0 Å². The number of benzene rings is 2. The molecular weight excluding hydrogens is 258 g/mol. The zero-order valence-corrected chi connectivity index (χ0v) is 11.0. The minimum atomic E-state index is 0.522. The second-order valence-electron chi connectivity index (χ2n) is 4.45. The van der Waals surface area contributed by atoms with Crippen LogP contribution in [0.25, 0.3) is 10.9 Å². The Morgan fingerprint density at radius 3 is 2.58 bits per heavy atom. The Morgan fingerprint density at radius 2 is 1.84 bits per heavy atom. The van der Waals surface area contributed by atoms with Gasteiger partial charge in [0.1, 0.15) is 0 Å². The lowest BCUT2D eigenvalue weighted by atomic mass is 10.1. The molecule has 1 aromatic heterocycles. The highest BCUT2D eigenvalue weighted by molar-refractivity contribution is 6.37. The van der Waals surface area contributed by atoms with Gasteiger partial charge in [0.25, 0.3) is 0 Å². The number of hydrogen-bond acceptors (Lipinski definition) is 1. The van der Waals surface area contributed by atoms with Gasteiger partial charge in [0, 0.05) is 23.7 Å². The van der Waals surface area contributed by atoms with Crippen molar-refractivity contribution in [3.8, 4) is 0 Å². The summed E-state index contributed by atoms with van der Waals surface area (Å²) in [5.74, 6) is 0. The zero-order valence-electron chi connectivity index (χ0n) is 10.2. The first-order valence-electron chi connectivity index (χ1n) is 6.06. The minimum absolute atomic E-state index is 0.522. The Bertz CT molecular complexity index is 731. The van der Waals surface area contributed by atoms with Crippen LogP contribution in [0.2, 0.25) is 5.02 Å². The Balaban J connectivity index is 2.12. The van der Waals surface area contributed by atoms with Crippen LogP contribution in [0, 0.1) is 0 Å².